The van der Waals surface area contributed by atoms with Crippen LogP contribution in [0.3, 0.4) is 0 Å². The molecule has 0 aliphatic rings. The van der Waals surface area contributed by atoms with Gasteiger partial charge in [-0.25, -0.2) is 0 Å². The molecule has 0 bridgehead atoms. The fourth-order valence-electron chi connectivity index (χ4n) is 2.55. The minimum atomic E-state index is 0.222. The summed E-state index contributed by atoms with van der Waals surface area (Å²) in [6, 6.07) is 12.6. The second-order valence-electron chi connectivity index (χ2n) is 5.21. The van der Waals surface area contributed by atoms with Gasteiger partial charge in [0, 0.05) is 17.0 Å². The van der Waals surface area contributed by atoms with Crippen LogP contribution in [0.15, 0.2) is 36.4 Å². The third kappa shape index (κ3) is 2.79. The van der Waals surface area contributed by atoms with E-state index >= 15 is 0 Å². The van der Waals surface area contributed by atoms with Crippen molar-refractivity contribution in [3.8, 4) is 11.5 Å². The van der Waals surface area contributed by atoms with Gasteiger partial charge < -0.3 is 9.47 Å². The van der Waals surface area contributed by atoms with Crippen molar-refractivity contribution in [2.24, 2.45) is 0 Å². The molecule has 0 atom stereocenters. The molecule has 2 heteroatoms. The molecule has 0 heterocycles. The molecule has 0 aliphatic carbocycles. The van der Waals surface area contributed by atoms with Gasteiger partial charge >= 0.3 is 0 Å². The van der Waals surface area contributed by atoms with E-state index in [1.807, 2.05) is 12.1 Å². The molecule has 0 amide bonds. The van der Waals surface area contributed by atoms with Crippen LogP contribution in [0.5, 0.6) is 11.5 Å². The predicted octanol–water partition coefficient (Wildman–Crippen LogP) is 4.47. The number of hydrogen-bond acceptors (Lipinski definition) is 2. The van der Waals surface area contributed by atoms with Gasteiger partial charge in [-0.05, 0) is 26.0 Å². The van der Waals surface area contributed by atoms with Crippen LogP contribution in [0.1, 0.15) is 35.1 Å². The van der Waals surface area contributed by atoms with Crippen molar-refractivity contribution in [1.82, 2.24) is 0 Å². The zero-order valence-corrected chi connectivity index (χ0v) is 12.9. The van der Waals surface area contributed by atoms with Crippen LogP contribution in [0.25, 0.3) is 0 Å². The molecular weight excluding hydrogens is 248 g/mol. The lowest BCUT2D eigenvalue weighted by atomic mass is 9.90. The van der Waals surface area contributed by atoms with E-state index in [9.17, 15) is 0 Å². The zero-order chi connectivity index (χ0) is 14.7. The number of aryl methyl sites for hydroxylation is 2. The summed E-state index contributed by atoms with van der Waals surface area (Å²) < 4.78 is 11.0. The van der Waals surface area contributed by atoms with Gasteiger partial charge in [0.2, 0.25) is 0 Å². The highest BCUT2D eigenvalue weighted by molar-refractivity contribution is 5.48. The number of ether oxygens (including phenoxy) is 2. The Kier molecular flexibility index (Phi) is 4.33. The Morgan fingerprint density at radius 1 is 0.750 bits per heavy atom. The predicted molar refractivity (Wildman–Crippen MR) is 83.0 cm³/mol. The lowest BCUT2D eigenvalue weighted by Gasteiger charge is -2.19. The minimum Gasteiger partial charge on any atom is -0.496 e. The Balaban J connectivity index is 2.53. The first-order chi connectivity index (χ1) is 9.56. The van der Waals surface area contributed by atoms with Crippen LogP contribution in [0, 0.1) is 13.8 Å². The normalized spacial score (nSPS) is 10.7. The second-order valence-corrected chi connectivity index (χ2v) is 5.21. The third-order valence-electron chi connectivity index (χ3n) is 3.70. The molecule has 0 saturated carbocycles. The summed E-state index contributed by atoms with van der Waals surface area (Å²) >= 11 is 0. The van der Waals surface area contributed by atoms with Gasteiger partial charge in [0.1, 0.15) is 11.5 Å². The molecule has 20 heavy (non-hydrogen) atoms. The molecular formula is C18H22O2. The summed E-state index contributed by atoms with van der Waals surface area (Å²) in [7, 11) is 3.43. The molecule has 0 unspecified atom stereocenters. The average molecular weight is 270 g/mol. The Bertz CT molecular complexity index is 549. The minimum absolute atomic E-state index is 0.222. The fourth-order valence-corrected chi connectivity index (χ4v) is 2.55. The smallest absolute Gasteiger partial charge is 0.122 e. The SMILES string of the molecule is COc1ccc(C)cc1C(C)c1cc(C)ccc1OC. The summed E-state index contributed by atoms with van der Waals surface area (Å²) in [5, 5.41) is 0. The van der Waals surface area contributed by atoms with Crippen LogP contribution in [-0.4, -0.2) is 14.2 Å². The van der Waals surface area contributed by atoms with Crippen molar-refractivity contribution in [3.05, 3.63) is 58.7 Å². The largest absolute Gasteiger partial charge is 0.496 e. The quantitative estimate of drug-likeness (QED) is 0.816. The average Bonchev–Trinajstić information content (AvgIpc) is 2.46. The summed E-state index contributed by atoms with van der Waals surface area (Å²) in [6.07, 6.45) is 0. The Labute approximate surface area is 121 Å². The van der Waals surface area contributed by atoms with Gasteiger partial charge in [-0.3, -0.25) is 0 Å². The molecule has 2 rings (SSSR count). The molecule has 0 aromatic heterocycles. The highest BCUT2D eigenvalue weighted by atomic mass is 16.5. The maximum absolute atomic E-state index is 5.51. The van der Waals surface area contributed by atoms with Crippen LogP contribution in [-0.2, 0) is 0 Å². The standard InChI is InChI=1S/C18H22O2/c1-12-6-8-17(19-4)15(10-12)14(3)16-11-13(2)7-9-18(16)20-5/h6-11,14H,1-5H3. The van der Waals surface area contributed by atoms with Gasteiger partial charge in [0.05, 0.1) is 14.2 Å². The Morgan fingerprint density at radius 3 is 1.50 bits per heavy atom. The van der Waals surface area contributed by atoms with Crippen molar-refractivity contribution in [2.75, 3.05) is 14.2 Å². The lowest BCUT2D eigenvalue weighted by molar-refractivity contribution is 0.401. The fraction of sp³-hybridized carbons (Fsp3) is 0.333. The first-order valence-corrected chi connectivity index (χ1v) is 6.86. The summed E-state index contributed by atoms with van der Waals surface area (Å²) in [4.78, 5) is 0. The van der Waals surface area contributed by atoms with E-state index in [4.69, 9.17) is 9.47 Å². The molecule has 2 aromatic rings. The first-order valence-electron chi connectivity index (χ1n) is 6.86. The number of methoxy groups -OCH3 is 2. The molecule has 2 aromatic carbocycles. The summed E-state index contributed by atoms with van der Waals surface area (Å²) in [5.41, 5.74) is 4.85. The van der Waals surface area contributed by atoms with E-state index in [1.165, 1.54) is 22.3 Å². The highest BCUT2D eigenvalue weighted by Crippen LogP contribution is 2.37. The molecule has 106 valence electrons. The maximum atomic E-state index is 5.51. The van der Waals surface area contributed by atoms with Gasteiger partial charge in [0.15, 0.2) is 0 Å². The Hall–Kier alpha value is -1.96. The maximum Gasteiger partial charge on any atom is 0.122 e. The van der Waals surface area contributed by atoms with Crippen LogP contribution < -0.4 is 9.47 Å². The highest BCUT2D eigenvalue weighted by Gasteiger charge is 2.17. The topological polar surface area (TPSA) is 18.5 Å². The number of benzene rings is 2. The molecule has 2 nitrogen and oxygen atoms in total. The monoisotopic (exact) mass is 270 g/mol. The van der Waals surface area contributed by atoms with E-state index in [0.29, 0.717) is 0 Å². The second kappa shape index (κ2) is 6.00. The van der Waals surface area contributed by atoms with E-state index in [0.717, 1.165) is 11.5 Å². The molecule has 0 N–H and O–H groups in total. The zero-order valence-electron chi connectivity index (χ0n) is 12.9. The van der Waals surface area contributed by atoms with Crippen LogP contribution >= 0.6 is 0 Å². The molecule has 0 radical (unpaired) electrons. The molecule has 0 fully saturated rings. The molecule has 0 spiro atoms. The van der Waals surface area contributed by atoms with Gasteiger partial charge in [-0.2, -0.15) is 0 Å². The van der Waals surface area contributed by atoms with Crippen molar-refractivity contribution in [1.29, 1.82) is 0 Å². The summed E-state index contributed by atoms with van der Waals surface area (Å²) in [6.45, 7) is 6.39. The van der Waals surface area contributed by atoms with Crippen LogP contribution in [0.2, 0.25) is 0 Å². The van der Waals surface area contributed by atoms with E-state index in [1.54, 1.807) is 14.2 Å². The number of hydrogen-bond donors (Lipinski definition) is 0. The van der Waals surface area contributed by atoms with Crippen molar-refractivity contribution >= 4 is 0 Å². The molecule has 0 aliphatic heterocycles. The number of rotatable bonds is 4. The van der Waals surface area contributed by atoms with E-state index < -0.39 is 0 Å². The van der Waals surface area contributed by atoms with Gasteiger partial charge in [0.25, 0.3) is 0 Å². The van der Waals surface area contributed by atoms with Crippen molar-refractivity contribution in [3.63, 3.8) is 0 Å². The van der Waals surface area contributed by atoms with Crippen molar-refractivity contribution < 1.29 is 9.47 Å². The van der Waals surface area contributed by atoms with E-state index in [2.05, 4.69) is 45.0 Å². The summed E-state index contributed by atoms with van der Waals surface area (Å²) in [5.74, 6) is 2.07. The van der Waals surface area contributed by atoms with Gasteiger partial charge in [-0.1, -0.05) is 42.3 Å². The first kappa shape index (κ1) is 14.4. The van der Waals surface area contributed by atoms with Crippen molar-refractivity contribution in [2.45, 2.75) is 26.7 Å². The van der Waals surface area contributed by atoms with Crippen LogP contribution in [0.4, 0.5) is 0 Å². The molecule has 0 saturated heterocycles. The lowest BCUT2D eigenvalue weighted by Crippen LogP contribution is -2.03. The third-order valence-corrected chi connectivity index (χ3v) is 3.70. The van der Waals surface area contributed by atoms with Gasteiger partial charge in [-0.15, -0.1) is 0 Å². The Morgan fingerprint density at radius 2 is 1.15 bits per heavy atom. The van der Waals surface area contributed by atoms with E-state index in [-0.39, 0.29) is 5.92 Å².